The maximum absolute atomic E-state index is 13.1. The predicted molar refractivity (Wildman–Crippen MR) is 119 cm³/mol. The van der Waals surface area contributed by atoms with Crippen molar-refractivity contribution in [1.82, 2.24) is 9.97 Å². The average Bonchev–Trinajstić information content (AvgIpc) is 2.78. The van der Waals surface area contributed by atoms with Gasteiger partial charge in [-0.3, -0.25) is 24.2 Å². The second-order valence-electron chi connectivity index (χ2n) is 8.12. The highest BCUT2D eigenvalue weighted by molar-refractivity contribution is 6.04. The SMILES string of the molecule is CCc1ccccc1NC(=O)C1CC(=O)Nc2nc(N3CCC(C(N)=O)CC3)[nH]c(=O)c21. The molecule has 168 valence electrons. The van der Waals surface area contributed by atoms with Crippen molar-refractivity contribution in [1.29, 1.82) is 0 Å². The number of carbonyl (C=O) groups excluding carboxylic acids is 3. The van der Waals surface area contributed by atoms with Crippen LogP contribution in [-0.2, 0) is 20.8 Å². The molecule has 5 N–H and O–H groups in total. The highest BCUT2D eigenvalue weighted by Crippen LogP contribution is 2.31. The van der Waals surface area contributed by atoms with E-state index in [4.69, 9.17) is 5.73 Å². The van der Waals surface area contributed by atoms with E-state index >= 15 is 0 Å². The number of piperidine rings is 1. The van der Waals surface area contributed by atoms with Gasteiger partial charge >= 0.3 is 0 Å². The number of para-hydroxylation sites is 1. The van der Waals surface area contributed by atoms with Crippen LogP contribution in [0.15, 0.2) is 29.1 Å². The minimum atomic E-state index is -0.949. The molecule has 0 aliphatic carbocycles. The lowest BCUT2D eigenvalue weighted by molar-refractivity contribution is -0.123. The molecule has 3 heterocycles. The molecule has 1 aromatic carbocycles. The van der Waals surface area contributed by atoms with Crippen LogP contribution < -0.4 is 26.8 Å². The van der Waals surface area contributed by atoms with E-state index in [2.05, 4.69) is 20.6 Å². The molecule has 0 bridgehead atoms. The second kappa shape index (κ2) is 8.81. The highest BCUT2D eigenvalue weighted by atomic mass is 16.2. The van der Waals surface area contributed by atoms with Gasteiger partial charge < -0.3 is 21.3 Å². The summed E-state index contributed by atoms with van der Waals surface area (Å²) < 4.78 is 0. The molecule has 2 aliphatic heterocycles. The number of nitrogens with two attached hydrogens (primary N) is 1. The molecular formula is C22H26N6O4. The molecule has 3 amide bonds. The van der Waals surface area contributed by atoms with Crippen molar-refractivity contribution in [3.05, 3.63) is 45.7 Å². The van der Waals surface area contributed by atoms with Gasteiger partial charge in [-0.2, -0.15) is 4.98 Å². The van der Waals surface area contributed by atoms with Crippen LogP contribution >= 0.6 is 0 Å². The predicted octanol–water partition coefficient (Wildman–Crippen LogP) is 1.10. The van der Waals surface area contributed by atoms with Crippen LogP contribution in [-0.4, -0.2) is 40.8 Å². The Labute approximate surface area is 184 Å². The summed E-state index contributed by atoms with van der Waals surface area (Å²) >= 11 is 0. The number of benzene rings is 1. The number of aryl methyl sites for hydroxylation is 1. The summed E-state index contributed by atoms with van der Waals surface area (Å²) in [5.41, 5.74) is 6.68. The van der Waals surface area contributed by atoms with Crippen molar-refractivity contribution in [3.8, 4) is 0 Å². The van der Waals surface area contributed by atoms with Crippen LogP contribution in [0.25, 0.3) is 0 Å². The summed E-state index contributed by atoms with van der Waals surface area (Å²) in [7, 11) is 0. The van der Waals surface area contributed by atoms with E-state index in [1.165, 1.54) is 0 Å². The van der Waals surface area contributed by atoms with Crippen molar-refractivity contribution in [2.24, 2.45) is 11.7 Å². The normalized spacial score (nSPS) is 18.6. The summed E-state index contributed by atoms with van der Waals surface area (Å²) in [5.74, 6) is -1.89. The van der Waals surface area contributed by atoms with E-state index in [9.17, 15) is 19.2 Å². The topological polar surface area (TPSA) is 150 Å². The van der Waals surface area contributed by atoms with E-state index in [-0.39, 0.29) is 35.5 Å². The monoisotopic (exact) mass is 438 g/mol. The van der Waals surface area contributed by atoms with Crippen molar-refractivity contribution < 1.29 is 14.4 Å². The number of amides is 3. The Morgan fingerprint density at radius 2 is 1.94 bits per heavy atom. The van der Waals surface area contributed by atoms with Gasteiger partial charge in [0.05, 0.1) is 11.5 Å². The largest absolute Gasteiger partial charge is 0.369 e. The van der Waals surface area contributed by atoms with E-state index in [0.29, 0.717) is 37.6 Å². The first-order valence-corrected chi connectivity index (χ1v) is 10.7. The number of carbonyl (C=O) groups is 3. The van der Waals surface area contributed by atoms with Gasteiger partial charge in [-0.05, 0) is 30.9 Å². The summed E-state index contributed by atoms with van der Waals surface area (Å²) in [6.07, 6.45) is 1.71. The number of fused-ring (bicyclic) bond motifs is 1. The highest BCUT2D eigenvalue weighted by Gasteiger charge is 2.35. The first-order valence-electron chi connectivity index (χ1n) is 10.7. The molecule has 1 unspecified atom stereocenters. The van der Waals surface area contributed by atoms with Crippen LogP contribution in [0.3, 0.4) is 0 Å². The molecule has 0 radical (unpaired) electrons. The molecule has 0 saturated carbocycles. The van der Waals surface area contributed by atoms with Crippen molar-refractivity contribution in [2.75, 3.05) is 28.6 Å². The van der Waals surface area contributed by atoms with E-state index in [1.54, 1.807) is 6.07 Å². The third-order valence-corrected chi connectivity index (χ3v) is 6.11. The fourth-order valence-electron chi connectivity index (χ4n) is 4.28. The third kappa shape index (κ3) is 4.20. The number of hydrogen-bond donors (Lipinski definition) is 4. The van der Waals surface area contributed by atoms with Crippen LogP contribution in [0.1, 0.15) is 43.2 Å². The Hall–Kier alpha value is -3.69. The summed E-state index contributed by atoms with van der Waals surface area (Å²) in [4.78, 5) is 58.8. The minimum absolute atomic E-state index is 0.0981. The minimum Gasteiger partial charge on any atom is -0.369 e. The van der Waals surface area contributed by atoms with Crippen LogP contribution in [0, 0.1) is 5.92 Å². The van der Waals surface area contributed by atoms with Gasteiger partial charge in [-0.15, -0.1) is 0 Å². The molecule has 32 heavy (non-hydrogen) atoms. The zero-order valence-electron chi connectivity index (χ0n) is 17.8. The van der Waals surface area contributed by atoms with Gasteiger partial charge in [0.2, 0.25) is 23.7 Å². The molecule has 0 spiro atoms. The maximum Gasteiger partial charge on any atom is 0.258 e. The maximum atomic E-state index is 13.1. The van der Waals surface area contributed by atoms with Crippen LogP contribution in [0.4, 0.5) is 17.5 Å². The number of rotatable bonds is 5. The second-order valence-corrected chi connectivity index (χ2v) is 8.12. The van der Waals surface area contributed by atoms with Gasteiger partial charge in [-0.1, -0.05) is 25.1 Å². The van der Waals surface area contributed by atoms with Crippen molar-refractivity contribution in [3.63, 3.8) is 0 Å². The summed E-state index contributed by atoms with van der Waals surface area (Å²) in [6.45, 7) is 2.98. The Morgan fingerprint density at radius 3 is 2.62 bits per heavy atom. The summed E-state index contributed by atoms with van der Waals surface area (Å²) in [5, 5.41) is 5.49. The molecule has 2 aromatic rings. The number of hydrogen-bond acceptors (Lipinski definition) is 6. The lowest BCUT2D eigenvalue weighted by atomic mass is 9.92. The van der Waals surface area contributed by atoms with Gasteiger partial charge in [0, 0.05) is 31.1 Å². The first-order chi connectivity index (χ1) is 15.4. The molecule has 2 aliphatic rings. The zero-order chi connectivity index (χ0) is 22.8. The van der Waals surface area contributed by atoms with Gasteiger partial charge in [0.1, 0.15) is 5.82 Å². The standard InChI is InChI=1S/C22H26N6O4/c1-2-12-5-3-4-6-15(12)24-20(31)14-11-16(29)25-19-17(14)21(32)27-22(26-19)28-9-7-13(8-10-28)18(23)30/h3-6,13-14H,2,7-11H2,1H3,(H2,23,30)(H,24,31)(H2,25,26,27,29,32). The molecule has 10 nitrogen and oxygen atoms in total. The molecule has 1 atom stereocenters. The van der Waals surface area contributed by atoms with Crippen LogP contribution in [0.5, 0.6) is 0 Å². The number of anilines is 3. The fraction of sp³-hybridized carbons (Fsp3) is 0.409. The van der Waals surface area contributed by atoms with Gasteiger partial charge in [0.25, 0.3) is 5.56 Å². The van der Waals surface area contributed by atoms with Crippen molar-refractivity contribution >= 4 is 35.2 Å². The Balaban J connectivity index is 1.60. The molecule has 1 saturated heterocycles. The van der Waals surface area contributed by atoms with E-state index in [1.807, 2.05) is 30.0 Å². The van der Waals surface area contributed by atoms with E-state index in [0.717, 1.165) is 12.0 Å². The van der Waals surface area contributed by atoms with Crippen LogP contribution in [0.2, 0.25) is 0 Å². The lowest BCUT2D eigenvalue weighted by Crippen LogP contribution is -2.41. The zero-order valence-corrected chi connectivity index (χ0v) is 17.8. The smallest absolute Gasteiger partial charge is 0.258 e. The molecule has 4 rings (SSSR count). The average molecular weight is 438 g/mol. The number of aromatic nitrogens is 2. The van der Waals surface area contributed by atoms with Gasteiger partial charge in [-0.25, -0.2) is 0 Å². The Bertz CT molecular complexity index is 1120. The Morgan fingerprint density at radius 1 is 1.22 bits per heavy atom. The van der Waals surface area contributed by atoms with E-state index < -0.39 is 17.4 Å². The van der Waals surface area contributed by atoms with Crippen molar-refractivity contribution in [2.45, 2.75) is 38.5 Å². The third-order valence-electron chi connectivity index (χ3n) is 6.11. The quantitative estimate of drug-likeness (QED) is 0.549. The first kappa shape index (κ1) is 21.5. The number of nitrogens with zero attached hydrogens (tertiary/aromatic N) is 2. The lowest BCUT2D eigenvalue weighted by Gasteiger charge is -2.32. The fourth-order valence-corrected chi connectivity index (χ4v) is 4.28. The summed E-state index contributed by atoms with van der Waals surface area (Å²) in [6, 6.07) is 7.42. The molecule has 1 aromatic heterocycles. The Kier molecular flexibility index (Phi) is 5.93. The molecule has 10 heteroatoms. The number of primary amides is 1. The number of nitrogens with one attached hydrogen (secondary N) is 3. The molecular weight excluding hydrogens is 412 g/mol. The molecule has 1 fully saturated rings. The number of H-pyrrole nitrogens is 1. The van der Waals surface area contributed by atoms with Gasteiger partial charge in [0.15, 0.2) is 0 Å². The number of aromatic amines is 1.